The van der Waals surface area contributed by atoms with Gasteiger partial charge in [-0.3, -0.25) is 14.4 Å². The molecule has 3 aromatic rings. The quantitative estimate of drug-likeness (QED) is 0.0736. The molecule has 15 heteroatoms. The van der Waals surface area contributed by atoms with Crippen LogP contribution in [0.1, 0.15) is 56.6 Å². The number of hydrogen-bond donors (Lipinski definition) is 5. The Balaban J connectivity index is 1.71. The zero-order valence-corrected chi connectivity index (χ0v) is 26.6. The maximum absolute atomic E-state index is 13.6. The Kier molecular flexibility index (Phi) is 15.0. The Morgan fingerprint density at radius 1 is 0.796 bits per heavy atom. The summed E-state index contributed by atoms with van der Waals surface area (Å²) >= 11 is 0. The molecule has 0 saturated heterocycles. The van der Waals surface area contributed by atoms with Crippen LogP contribution in [0, 0.1) is 0 Å². The Morgan fingerprint density at radius 2 is 1.47 bits per heavy atom. The number of carbonyl (C=O) groups excluding carboxylic acids is 5. The summed E-state index contributed by atoms with van der Waals surface area (Å²) in [4.78, 5) is 65.4. The van der Waals surface area contributed by atoms with Crippen LogP contribution >= 0.6 is 0 Å². The van der Waals surface area contributed by atoms with Crippen LogP contribution in [0.15, 0.2) is 79.0 Å². The van der Waals surface area contributed by atoms with Gasteiger partial charge < -0.3 is 31.7 Å². The predicted octanol–water partition coefficient (Wildman–Crippen LogP) is 4.53. The van der Waals surface area contributed by atoms with Crippen LogP contribution in [0.4, 0.5) is 23.8 Å². The predicted molar refractivity (Wildman–Crippen MR) is 174 cm³/mol. The average Bonchev–Trinajstić information content (AvgIpc) is 3.07. The number of ether oxygens (including phenoxy) is 1. The molecule has 12 nitrogen and oxygen atoms in total. The number of esters is 2. The van der Waals surface area contributed by atoms with Gasteiger partial charge in [-0.25, -0.2) is 14.6 Å². The number of amides is 4. The van der Waals surface area contributed by atoms with Crippen molar-refractivity contribution in [1.29, 1.82) is 0 Å². The number of alkyl halides is 3. The lowest BCUT2D eigenvalue weighted by atomic mass is 9.98. The number of nitrogens with one attached hydrogen (secondary N) is 4. The van der Waals surface area contributed by atoms with Crippen LogP contribution in [-0.2, 0) is 23.9 Å². The summed E-state index contributed by atoms with van der Waals surface area (Å²) in [5.74, 6) is -4.60. The number of rotatable bonds is 18. The molecular weight excluding hydrogens is 645 g/mol. The number of halogens is 3. The number of carbonyl (C=O) groups is 5. The number of pyridine rings is 1. The molecule has 0 bridgehead atoms. The minimum atomic E-state index is -5.39. The average molecular weight is 685 g/mol. The van der Waals surface area contributed by atoms with Crippen LogP contribution in [-0.4, -0.2) is 60.1 Å². The van der Waals surface area contributed by atoms with E-state index in [0.29, 0.717) is 43.6 Å². The smallest absolute Gasteiger partial charge is 0.386 e. The summed E-state index contributed by atoms with van der Waals surface area (Å²) in [6.45, 7) is 0.801. The molecule has 0 aliphatic carbocycles. The molecule has 2 aromatic carbocycles. The Bertz CT molecular complexity index is 1520. The largest absolute Gasteiger partial charge is 0.491 e. The molecule has 262 valence electrons. The van der Waals surface area contributed by atoms with E-state index in [1.807, 2.05) is 42.5 Å². The molecule has 0 saturated carbocycles. The second-order valence-electron chi connectivity index (χ2n) is 11.0. The number of benzene rings is 2. The first-order valence-electron chi connectivity index (χ1n) is 15.7. The molecule has 6 N–H and O–H groups in total. The number of hydrogen-bond acceptors (Lipinski definition) is 8. The first-order chi connectivity index (χ1) is 23.4. The number of nitrogens with zero attached hydrogens (tertiary/aromatic N) is 1. The van der Waals surface area contributed by atoms with Crippen LogP contribution in [0.2, 0.25) is 0 Å². The fourth-order valence-electron chi connectivity index (χ4n) is 4.75. The highest BCUT2D eigenvalue weighted by atomic mass is 19.4. The molecule has 49 heavy (non-hydrogen) atoms. The monoisotopic (exact) mass is 684 g/mol. The second kappa shape index (κ2) is 19.4. The first kappa shape index (κ1) is 38.0. The maximum atomic E-state index is 13.6. The summed E-state index contributed by atoms with van der Waals surface area (Å²) in [5.41, 5.74) is 7.12. The van der Waals surface area contributed by atoms with E-state index >= 15 is 0 Å². The lowest BCUT2D eigenvalue weighted by Crippen LogP contribution is -2.48. The second-order valence-corrected chi connectivity index (χ2v) is 11.0. The van der Waals surface area contributed by atoms with Gasteiger partial charge in [0.25, 0.3) is 0 Å². The summed E-state index contributed by atoms with van der Waals surface area (Å²) in [6.07, 6.45) is -2.35. The van der Waals surface area contributed by atoms with Gasteiger partial charge >= 0.3 is 24.1 Å². The molecule has 0 radical (unpaired) electrons. The molecule has 2 atom stereocenters. The van der Waals surface area contributed by atoms with E-state index in [4.69, 9.17) is 5.73 Å². The molecule has 0 aliphatic heterocycles. The number of unbranched alkanes of at least 4 members (excludes halogenated alkanes) is 2. The Hall–Kier alpha value is -5.47. The highest BCUT2D eigenvalue weighted by molar-refractivity contribution is 5.90. The molecule has 1 unspecified atom stereocenters. The SMILES string of the molecule is NC(=O)NCCCC[C@H](NC(=O)CCCCNc1ccccn1)C(=O)NC(CC(=O)OC(=O)C(F)(F)F)c1ccc(-c2ccccc2)cc1. The molecule has 4 amide bonds. The molecule has 0 fully saturated rings. The standard InChI is InChI=1S/C34H39F3N6O6/c35-34(36,37)32(47)49-30(45)22-27(25-17-15-24(16-18-25)23-10-2-1-3-11-23)43-31(46)26(12-4-7-21-41-33(38)48)42-29(44)14-6-9-20-40-28-13-5-8-19-39-28/h1-3,5,8,10-11,13,15-19,26-27H,4,6-7,9,12,14,20-22H2,(H,39,40)(H,42,44)(H,43,46)(H3,38,41,48)/t26-,27?/m0/s1. The molecule has 1 aromatic heterocycles. The lowest BCUT2D eigenvalue weighted by Gasteiger charge is -2.24. The van der Waals surface area contributed by atoms with E-state index in [1.165, 1.54) is 0 Å². The fraction of sp³-hybridized carbons (Fsp3) is 0.353. The van der Waals surface area contributed by atoms with Gasteiger partial charge in [0.15, 0.2) is 0 Å². The number of aromatic nitrogens is 1. The van der Waals surface area contributed by atoms with Crippen molar-refractivity contribution >= 4 is 35.6 Å². The van der Waals surface area contributed by atoms with Crippen LogP contribution in [0.3, 0.4) is 0 Å². The van der Waals surface area contributed by atoms with Crippen molar-refractivity contribution in [2.45, 2.75) is 63.2 Å². The first-order valence-corrected chi connectivity index (χ1v) is 15.7. The Morgan fingerprint density at radius 3 is 2.12 bits per heavy atom. The van der Waals surface area contributed by atoms with Gasteiger partial charge in [0.1, 0.15) is 11.9 Å². The number of primary amides is 1. The molecule has 1 heterocycles. The van der Waals surface area contributed by atoms with E-state index in [1.54, 1.807) is 36.5 Å². The van der Waals surface area contributed by atoms with Gasteiger partial charge in [0.2, 0.25) is 11.8 Å². The third-order valence-corrected chi connectivity index (χ3v) is 7.22. The van der Waals surface area contributed by atoms with Gasteiger partial charge in [0, 0.05) is 25.7 Å². The van der Waals surface area contributed by atoms with Crippen molar-refractivity contribution in [3.63, 3.8) is 0 Å². The molecular formula is C34H39F3N6O6. The minimum absolute atomic E-state index is 0.104. The Labute approximate surface area is 281 Å². The van der Waals surface area contributed by atoms with Crippen molar-refractivity contribution in [3.8, 4) is 11.1 Å². The van der Waals surface area contributed by atoms with Gasteiger partial charge in [-0.15, -0.1) is 0 Å². The van der Waals surface area contributed by atoms with Gasteiger partial charge in [-0.2, -0.15) is 13.2 Å². The summed E-state index contributed by atoms with van der Waals surface area (Å²) in [7, 11) is 0. The highest BCUT2D eigenvalue weighted by Gasteiger charge is 2.42. The zero-order valence-electron chi connectivity index (χ0n) is 26.6. The topological polar surface area (TPSA) is 182 Å². The van der Waals surface area contributed by atoms with Gasteiger partial charge in [-0.1, -0.05) is 60.7 Å². The van der Waals surface area contributed by atoms with Gasteiger partial charge in [-0.05, 0) is 60.9 Å². The van der Waals surface area contributed by atoms with Crippen molar-refractivity contribution in [2.75, 3.05) is 18.4 Å². The van der Waals surface area contributed by atoms with Crippen LogP contribution in [0.5, 0.6) is 0 Å². The molecule has 0 spiro atoms. The van der Waals surface area contributed by atoms with Crippen molar-refractivity contribution in [2.24, 2.45) is 5.73 Å². The third-order valence-electron chi connectivity index (χ3n) is 7.22. The summed E-state index contributed by atoms with van der Waals surface area (Å²) in [6, 6.07) is 18.3. The number of urea groups is 1. The van der Waals surface area contributed by atoms with E-state index in [0.717, 1.165) is 11.1 Å². The number of nitrogens with two attached hydrogens (primary N) is 1. The van der Waals surface area contributed by atoms with E-state index in [2.05, 4.69) is 31.0 Å². The molecule has 0 aliphatic rings. The van der Waals surface area contributed by atoms with Crippen molar-refractivity contribution < 1.29 is 41.9 Å². The van der Waals surface area contributed by atoms with Gasteiger partial charge in [0.05, 0.1) is 12.5 Å². The maximum Gasteiger partial charge on any atom is 0.491 e. The molecule has 3 rings (SSSR count). The van der Waals surface area contributed by atoms with E-state index in [-0.39, 0.29) is 19.4 Å². The lowest BCUT2D eigenvalue weighted by molar-refractivity contribution is -0.202. The third kappa shape index (κ3) is 14.0. The van der Waals surface area contributed by atoms with Crippen LogP contribution < -0.4 is 27.0 Å². The normalized spacial score (nSPS) is 12.2. The summed E-state index contributed by atoms with van der Waals surface area (Å²) in [5, 5.41) is 10.9. The number of anilines is 1. The highest BCUT2D eigenvalue weighted by Crippen LogP contribution is 2.25. The summed E-state index contributed by atoms with van der Waals surface area (Å²) < 4.78 is 42.3. The fourth-order valence-corrected chi connectivity index (χ4v) is 4.75. The van der Waals surface area contributed by atoms with E-state index < -0.39 is 54.5 Å². The van der Waals surface area contributed by atoms with Crippen molar-refractivity contribution in [1.82, 2.24) is 20.9 Å². The van der Waals surface area contributed by atoms with E-state index in [9.17, 15) is 37.1 Å². The van der Waals surface area contributed by atoms with Crippen molar-refractivity contribution in [3.05, 3.63) is 84.6 Å². The zero-order chi connectivity index (χ0) is 35.6. The minimum Gasteiger partial charge on any atom is -0.386 e. The van der Waals surface area contributed by atoms with Crippen LogP contribution in [0.25, 0.3) is 11.1 Å².